The van der Waals surface area contributed by atoms with Crippen molar-refractivity contribution >= 4 is 39.7 Å². The van der Waals surface area contributed by atoms with E-state index in [1.54, 1.807) is 27.5 Å². The fourth-order valence-electron chi connectivity index (χ4n) is 2.71. The molecule has 1 aromatic carbocycles. The molecule has 2 aromatic heterocycles. The van der Waals surface area contributed by atoms with Crippen LogP contribution in [0.4, 0.5) is 0 Å². The highest BCUT2D eigenvalue weighted by Crippen LogP contribution is 2.28. The first-order valence-electron chi connectivity index (χ1n) is 8.74. The minimum Gasteiger partial charge on any atom is -0.466 e. The van der Waals surface area contributed by atoms with Gasteiger partial charge >= 0.3 is 5.97 Å². The average molecular weight is 406 g/mol. The minimum atomic E-state index is -0.302. The second-order valence-electron chi connectivity index (χ2n) is 6.33. The third kappa shape index (κ3) is 4.26. The van der Waals surface area contributed by atoms with Gasteiger partial charge in [-0.1, -0.05) is 12.1 Å². The number of hydrogen-bond donors (Lipinski definition) is 0. The third-order valence-electron chi connectivity index (χ3n) is 4.42. The lowest BCUT2D eigenvalue weighted by atomic mass is 10.3. The molecular weight excluding hydrogens is 382 g/mol. The van der Waals surface area contributed by atoms with Gasteiger partial charge in [0.25, 0.3) is 0 Å². The zero-order valence-electron chi connectivity index (χ0n) is 15.9. The van der Waals surface area contributed by atoms with Crippen molar-refractivity contribution in [1.82, 2.24) is 24.2 Å². The molecule has 0 fully saturated rings. The smallest absolute Gasteiger partial charge is 0.313 e. The second kappa shape index (κ2) is 8.28. The molecule has 0 amide bonds. The topological polar surface area (TPSA) is 65.2 Å². The molecule has 0 N–H and O–H groups in total. The molecule has 7 nitrogen and oxygen atoms in total. The second-order valence-corrected chi connectivity index (χ2v) is 7.76. The molecule has 144 valence electrons. The molecule has 1 atom stereocenters. The summed E-state index contributed by atoms with van der Waals surface area (Å²) >= 11 is 7.17. The van der Waals surface area contributed by atoms with Gasteiger partial charge in [-0.25, -0.2) is 9.67 Å². The Morgan fingerprint density at radius 2 is 2.15 bits per heavy atom. The van der Waals surface area contributed by atoms with E-state index in [0.717, 1.165) is 10.5 Å². The summed E-state index contributed by atoms with van der Waals surface area (Å²) in [7, 11) is 3.83. The molecule has 2 heterocycles. The Kier molecular flexibility index (Phi) is 6.03. The Morgan fingerprint density at radius 3 is 2.85 bits per heavy atom. The molecule has 9 heteroatoms. The van der Waals surface area contributed by atoms with Crippen LogP contribution in [0.3, 0.4) is 0 Å². The molecular formula is C18H23N5O2S2. The van der Waals surface area contributed by atoms with Crippen molar-refractivity contribution in [2.45, 2.75) is 33.0 Å². The van der Waals surface area contributed by atoms with Crippen LogP contribution >= 0.6 is 23.6 Å². The van der Waals surface area contributed by atoms with Crippen LogP contribution in [0.5, 0.6) is 0 Å². The normalized spacial score (nSPS) is 12.6. The van der Waals surface area contributed by atoms with E-state index in [2.05, 4.69) is 23.0 Å². The zero-order valence-corrected chi connectivity index (χ0v) is 17.5. The summed E-state index contributed by atoms with van der Waals surface area (Å²) in [5.74, 6) is 0.295. The van der Waals surface area contributed by atoms with Crippen LogP contribution in [0.25, 0.3) is 10.2 Å². The fourth-order valence-corrected chi connectivity index (χ4v) is 4.00. The Bertz CT molecular complexity index is 974. The van der Waals surface area contributed by atoms with Gasteiger partial charge < -0.3 is 9.30 Å². The SMILES string of the molecule is CCOC(=O)Cc1nn(CN(C)[C@@H](C)c2nc3ccccc3s2)c(=S)n1C. The number of aromatic nitrogens is 4. The van der Waals surface area contributed by atoms with Crippen LogP contribution in [-0.4, -0.2) is 43.9 Å². The summed E-state index contributed by atoms with van der Waals surface area (Å²) in [6, 6.07) is 8.24. The molecule has 0 aliphatic rings. The number of fused-ring (bicyclic) bond motifs is 1. The maximum Gasteiger partial charge on any atom is 0.313 e. The predicted molar refractivity (Wildman–Crippen MR) is 108 cm³/mol. The van der Waals surface area contributed by atoms with E-state index in [4.69, 9.17) is 21.9 Å². The van der Waals surface area contributed by atoms with Crippen LogP contribution in [0.2, 0.25) is 0 Å². The number of hydrogen-bond acceptors (Lipinski definition) is 7. The number of ether oxygens (including phenoxy) is 1. The number of carbonyl (C=O) groups is 1. The van der Waals surface area contributed by atoms with Crippen molar-refractivity contribution in [3.63, 3.8) is 0 Å². The first-order valence-corrected chi connectivity index (χ1v) is 9.97. The Hall–Kier alpha value is -2.10. The van der Waals surface area contributed by atoms with E-state index in [0.29, 0.717) is 23.9 Å². The first kappa shape index (κ1) is 19.7. The zero-order chi connectivity index (χ0) is 19.6. The molecule has 3 aromatic rings. The lowest BCUT2D eigenvalue weighted by molar-refractivity contribution is -0.142. The molecule has 0 aliphatic heterocycles. The van der Waals surface area contributed by atoms with Crippen LogP contribution in [-0.2, 0) is 29.7 Å². The van der Waals surface area contributed by atoms with Crippen LogP contribution in [0, 0.1) is 4.77 Å². The van der Waals surface area contributed by atoms with Gasteiger partial charge in [0.2, 0.25) is 0 Å². The summed E-state index contributed by atoms with van der Waals surface area (Å²) in [5, 5.41) is 5.56. The quantitative estimate of drug-likeness (QED) is 0.444. The molecule has 0 radical (unpaired) electrons. The van der Waals surface area contributed by atoms with Gasteiger partial charge in [-0.2, -0.15) is 5.10 Å². The van der Waals surface area contributed by atoms with E-state index in [1.165, 1.54) is 4.70 Å². The van der Waals surface area contributed by atoms with Gasteiger partial charge in [0.15, 0.2) is 4.77 Å². The average Bonchev–Trinajstić information content (AvgIpc) is 3.18. The van der Waals surface area contributed by atoms with Crippen molar-refractivity contribution in [2.75, 3.05) is 13.7 Å². The predicted octanol–water partition coefficient (Wildman–Crippen LogP) is 3.32. The van der Waals surface area contributed by atoms with Crippen molar-refractivity contribution in [2.24, 2.45) is 7.05 Å². The van der Waals surface area contributed by atoms with E-state index >= 15 is 0 Å². The first-order chi connectivity index (χ1) is 12.9. The highest BCUT2D eigenvalue weighted by molar-refractivity contribution is 7.71. The van der Waals surface area contributed by atoms with Gasteiger partial charge in [-0.05, 0) is 45.2 Å². The number of para-hydroxylation sites is 1. The van der Waals surface area contributed by atoms with E-state index in [9.17, 15) is 4.79 Å². The van der Waals surface area contributed by atoms with Gasteiger partial charge in [0.05, 0.1) is 29.5 Å². The van der Waals surface area contributed by atoms with E-state index in [-0.39, 0.29) is 18.4 Å². The fraction of sp³-hybridized carbons (Fsp3) is 0.444. The lowest BCUT2D eigenvalue weighted by Crippen LogP contribution is -2.26. The van der Waals surface area contributed by atoms with Crippen molar-refractivity contribution < 1.29 is 9.53 Å². The van der Waals surface area contributed by atoms with Gasteiger partial charge in [-0.15, -0.1) is 11.3 Å². The van der Waals surface area contributed by atoms with Crippen LogP contribution < -0.4 is 0 Å². The third-order valence-corrected chi connectivity index (χ3v) is 6.12. The minimum absolute atomic E-state index is 0.109. The maximum absolute atomic E-state index is 11.7. The number of benzene rings is 1. The molecule has 0 aliphatic carbocycles. The molecule has 0 saturated carbocycles. The highest BCUT2D eigenvalue weighted by Gasteiger charge is 2.19. The molecule has 3 rings (SSSR count). The molecule has 0 unspecified atom stereocenters. The number of esters is 1. The van der Waals surface area contributed by atoms with Crippen molar-refractivity contribution in [3.8, 4) is 0 Å². The monoisotopic (exact) mass is 405 g/mol. The summed E-state index contributed by atoms with van der Waals surface area (Å²) in [6.07, 6.45) is 0.109. The van der Waals surface area contributed by atoms with Gasteiger partial charge in [-0.3, -0.25) is 9.69 Å². The standard InChI is InChI=1S/C18H23N5O2S2/c1-5-25-16(24)10-15-20-23(18(26)22(15)4)11-21(3)12(2)17-19-13-8-6-7-9-14(13)27-17/h6-9,12H,5,10-11H2,1-4H3/t12-/m0/s1. The number of rotatable bonds is 7. The lowest BCUT2D eigenvalue weighted by Gasteiger charge is -2.22. The summed E-state index contributed by atoms with van der Waals surface area (Å²) in [5.41, 5.74) is 1.02. The van der Waals surface area contributed by atoms with E-state index < -0.39 is 0 Å². The number of nitrogens with zero attached hydrogens (tertiary/aromatic N) is 5. The van der Waals surface area contributed by atoms with Crippen LogP contribution in [0.15, 0.2) is 24.3 Å². The van der Waals surface area contributed by atoms with Gasteiger partial charge in [0.1, 0.15) is 17.3 Å². The summed E-state index contributed by atoms with van der Waals surface area (Å²) in [6.45, 7) is 4.76. The van der Waals surface area contributed by atoms with Gasteiger partial charge in [0, 0.05) is 7.05 Å². The van der Waals surface area contributed by atoms with E-state index in [1.807, 2.05) is 32.3 Å². The van der Waals surface area contributed by atoms with Crippen molar-refractivity contribution in [1.29, 1.82) is 0 Å². The Labute approximate surface area is 167 Å². The number of thiazole rings is 1. The Balaban J connectivity index is 1.76. The van der Waals surface area contributed by atoms with Crippen LogP contribution in [0.1, 0.15) is 30.7 Å². The molecule has 0 spiro atoms. The largest absolute Gasteiger partial charge is 0.466 e. The van der Waals surface area contributed by atoms with Crippen molar-refractivity contribution in [3.05, 3.63) is 39.9 Å². The summed E-state index contributed by atoms with van der Waals surface area (Å²) in [4.78, 5) is 18.6. The Morgan fingerprint density at radius 1 is 1.41 bits per heavy atom. The summed E-state index contributed by atoms with van der Waals surface area (Å²) < 4.78 is 10.2. The molecule has 0 saturated heterocycles. The molecule has 0 bridgehead atoms. The highest BCUT2D eigenvalue weighted by atomic mass is 32.1. The molecule has 27 heavy (non-hydrogen) atoms. The number of carbonyl (C=O) groups excluding carboxylic acids is 1. The maximum atomic E-state index is 11.7.